The summed E-state index contributed by atoms with van der Waals surface area (Å²) in [5, 5.41) is 6.96. The van der Waals surface area contributed by atoms with E-state index < -0.39 is 0 Å². The lowest BCUT2D eigenvalue weighted by atomic mass is 9.89. The highest BCUT2D eigenvalue weighted by Crippen LogP contribution is 2.21. The number of piperidine rings is 1. The van der Waals surface area contributed by atoms with Crippen molar-refractivity contribution in [2.24, 2.45) is 10.4 Å². The molecule has 0 aromatic heterocycles. The Kier molecular flexibility index (Phi) is 8.78. The third-order valence-electron chi connectivity index (χ3n) is 4.43. The zero-order valence-electron chi connectivity index (χ0n) is 16.6. The van der Waals surface area contributed by atoms with Crippen LogP contribution in [-0.2, 0) is 4.74 Å². The highest BCUT2D eigenvalue weighted by Gasteiger charge is 2.24. The lowest BCUT2D eigenvalue weighted by molar-refractivity contribution is 0.0241. The lowest BCUT2D eigenvalue weighted by Crippen LogP contribution is -2.49. The number of rotatable bonds is 7. The van der Waals surface area contributed by atoms with Gasteiger partial charge in [0.2, 0.25) is 0 Å². The van der Waals surface area contributed by atoms with Crippen molar-refractivity contribution < 1.29 is 4.74 Å². The van der Waals surface area contributed by atoms with Crippen LogP contribution in [0.1, 0.15) is 47.5 Å². The molecule has 0 amide bonds. The van der Waals surface area contributed by atoms with Gasteiger partial charge in [-0.15, -0.1) is 0 Å². The Hall–Kier alpha value is -1.07. The van der Waals surface area contributed by atoms with Gasteiger partial charge in [-0.05, 0) is 32.1 Å². The number of ether oxygens (including phenoxy) is 1. The molecule has 24 heavy (non-hydrogen) atoms. The fourth-order valence-electron chi connectivity index (χ4n) is 3.01. The molecule has 1 aliphatic heterocycles. The first kappa shape index (κ1) is 21.0. The van der Waals surface area contributed by atoms with Crippen LogP contribution in [0.2, 0.25) is 0 Å². The molecule has 2 N–H and O–H groups in total. The summed E-state index contributed by atoms with van der Waals surface area (Å²) in [5.74, 6) is 0.905. The monoisotopic (exact) mass is 338 g/mol. The Morgan fingerprint density at radius 3 is 2.42 bits per heavy atom. The van der Waals surface area contributed by atoms with Crippen LogP contribution in [0.3, 0.4) is 0 Å². The van der Waals surface area contributed by atoms with Gasteiger partial charge in [0.25, 0.3) is 0 Å². The summed E-state index contributed by atoms with van der Waals surface area (Å²) in [6.07, 6.45) is 2.40. The summed E-state index contributed by atoms with van der Waals surface area (Å²) in [5.41, 5.74) is 1.33. The van der Waals surface area contributed by atoms with E-state index in [1.807, 2.05) is 0 Å². The Bertz CT molecular complexity index is 406. The Labute approximate surface area is 148 Å². The van der Waals surface area contributed by atoms with Gasteiger partial charge >= 0.3 is 0 Å². The molecule has 140 valence electrons. The fourth-order valence-corrected chi connectivity index (χ4v) is 3.01. The molecule has 1 atom stereocenters. The lowest BCUT2D eigenvalue weighted by Gasteiger charge is -2.33. The second-order valence-electron chi connectivity index (χ2n) is 7.96. The molecule has 5 nitrogen and oxygen atoms in total. The van der Waals surface area contributed by atoms with E-state index in [1.165, 1.54) is 5.57 Å². The maximum Gasteiger partial charge on any atom is 0.191 e. The van der Waals surface area contributed by atoms with Crippen LogP contribution in [-0.4, -0.2) is 62.8 Å². The van der Waals surface area contributed by atoms with Crippen molar-refractivity contribution in [1.82, 2.24) is 15.5 Å². The third kappa shape index (κ3) is 7.67. The molecular formula is C19H38N4O. The van der Waals surface area contributed by atoms with Gasteiger partial charge in [-0.2, -0.15) is 0 Å². The molecule has 0 aliphatic carbocycles. The van der Waals surface area contributed by atoms with Crippen molar-refractivity contribution in [3.63, 3.8) is 0 Å². The molecule has 1 heterocycles. The second kappa shape index (κ2) is 10.0. The van der Waals surface area contributed by atoms with E-state index in [4.69, 9.17) is 9.73 Å². The topological polar surface area (TPSA) is 48.9 Å². The van der Waals surface area contributed by atoms with Crippen molar-refractivity contribution >= 4 is 5.96 Å². The summed E-state index contributed by atoms with van der Waals surface area (Å²) in [6, 6.07) is 0.486. The van der Waals surface area contributed by atoms with Gasteiger partial charge in [-0.3, -0.25) is 9.89 Å². The number of nitrogens with one attached hydrogen (secondary N) is 2. The second-order valence-corrected chi connectivity index (χ2v) is 7.96. The SMILES string of the molecule is C=C(C)CN1CCC(NC(=NCC(OC)C(C)(C)C)NCC)CC1. The molecule has 1 saturated heterocycles. The first-order valence-corrected chi connectivity index (χ1v) is 9.20. The van der Waals surface area contributed by atoms with Gasteiger partial charge in [-0.25, -0.2) is 0 Å². The molecule has 0 bridgehead atoms. The minimum Gasteiger partial charge on any atom is -0.379 e. The number of likely N-dealkylation sites (tertiary alicyclic amines) is 1. The summed E-state index contributed by atoms with van der Waals surface area (Å²) >= 11 is 0. The van der Waals surface area contributed by atoms with E-state index in [-0.39, 0.29) is 11.5 Å². The molecule has 1 fully saturated rings. The fraction of sp³-hybridized carbons (Fsp3) is 0.842. The van der Waals surface area contributed by atoms with Crippen LogP contribution >= 0.6 is 0 Å². The predicted molar refractivity (Wildman–Crippen MR) is 104 cm³/mol. The first-order valence-electron chi connectivity index (χ1n) is 9.20. The summed E-state index contributed by atoms with van der Waals surface area (Å²) in [4.78, 5) is 7.23. The Morgan fingerprint density at radius 2 is 1.96 bits per heavy atom. The predicted octanol–water partition coefficient (Wildman–Crippen LogP) is 2.64. The summed E-state index contributed by atoms with van der Waals surface area (Å²) in [6.45, 7) is 19.6. The number of hydrogen-bond donors (Lipinski definition) is 2. The maximum absolute atomic E-state index is 5.61. The van der Waals surface area contributed by atoms with Crippen molar-refractivity contribution in [1.29, 1.82) is 0 Å². The standard InChI is InChI=1S/C19H38N4O/c1-8-20-18(21-13-17(24-7)19(4,5)6)22-16-9-11-23(12-10-16)14-15(2)3/h16-17H,2,8-14H2,1,3-7H3,(H2,20,21,22). The minimum atomic E-state index is 0.0868. The van der Waals surface area contributed by atoms with E-state index in [0.29, 0.717) is 12.6 Å². The van der Waals surface area contributed by atoms with Gasteiger partial charge in [0.15, 0.2) is 5.96 Å². The van der Waals surface area contributed by atoms with E-state index in [0.717, 1.165) is 45.0 Å². The highest BCUT2D eigenvalue weighted by atomic mass is 16.5. The van der Waals surface area contributed by atoms with Crippen LogP contribution < -0.4 is 10.6 Å². The van der Waals surface area contributed by atoms with Crippen LogP contribution in [0.5, 0.6) is 0 Å². The van der Waals surface area contributed by atoms with Crippen molar-refractivity contribution in [3.8, 4) is 0 Å². The van der Waals surface area contributed by atoms with E-state index >= 15 is 0 Å². The molecule has 0 aromatic rings. The highest BCUT2D eigenvalue weighted by molar-refractivity contribution is 5.80. The quantitative estimate of drug-likeness (QED) is 0.426. The van der Waals surface area contributed by atoms with Gasteiger partial charge in [0.05, 0.1) is 12.6 Å². The van der Waals surface area contributed by atoms with Gasteiger partial charge in [-0.1, -0.05) is 32.9 Å². The summed E-state index contributed by atoms with van der Waals surface area (Å²) < 4.78 is 5.61. The molecule has 1 unspecified atom stereocenters. The van der Waals surface area contributed by atoms with Gasteiger partial charge in [0.1, 0.15) is 0 Å². The summed E-state index contributed by atoms with van der Waals surface area (Å²) in [7, 11) is 1.77. The molecule has 0 saturated carbocycles. The molecule has 1 aliphatic rings. The number of guanidine groups is 1. The average molecular weight is 339 g/mol. The smallest absolute Gasteiger partial charge is 0.191 e. The molecule has 0 aromatic carbocycles. The van der Waals surface area contributed by atoms with Crippen LogP contribution in [0.15, 0.2) is 17.1 Å². The van der Waals surface area contributed by atoms with Gasteiger partial charge in [0, 0.05) is 39.3 Å². The van der Waals surface area contributed by atoms with E-state index in [1.54, 1.807) is 7.11 Å². The molecular weight excluding hydrogens is 300 g/mol. The number of nitrogens with zero attached hydrogens (tertiary/aromatic N) is 2. The van der Waals surface area contributed by atoms with Gasteiger partial charge < -0.3 is 15.4 Å². The Balaban J connectivity index is 2.54. The largest absolute Gasteiger partial charge is 0.379 e. The number of aliphatic imine (C=N–C) groups is 1. The molecule has 0 radical (unpaired) electrons. The minimum absolute atomic E-state index is 0.0868. The van der Waals surface area contributed by atoms with E-state index in [9.17, 15) is 0 Å². The molecule has 5 heteroatoms. The normalized spacial score (nSPS) is 19.2. The van der Waals surface area contributed by atoms with Crippen molar-refractivity contribution in [2.45, 2.75) is 59.6 Å². The van der Waals surface area contributed by atoms with Crippen LogP contribution in [0.25, 0.3) is 0 Å². The van der Waals surface area contributed by atoms with Crippen LogP contribution in [0, 0.1) is 5.41 Å². The Morgan fingerprint density at radius 1 is 1.33 bits per heavy atom. The maximum atomic E-state index is 5.61. The zero-order valence-corrected chi connectivity index (χ0v) is 16.6. The molecule has 1 rings (SSSR count). The number of hydrogen-bond acceptors (Lipinski definition) is 3. The van der Waals surface area contributed by atoms with Crippen molar-refractivity contribution in [2.75, 3.05) is 39.8 Å². The zero-order chi connectivity index (χ0) is 18.2. The number of methoxy groups -OCH3 is 1. The van der Waals surface area contributed by atoms with E-state index in [2.05, 4.69) is 56.7 Å². The van der Waals surface area contributed by atoms with Crippen molar-refractivity contribution in [3.05, 3.63) is 12.2 Å². The first-order chi connectivity index (χ1) is 11.3. The molecule has 0 spiro atoms. The average Bonchev–Trinajstić information content (AvgIpc) is 2.48. The van der Waals surface area contributed by atoms with Crippen LogP contribution in [0.4, 0.5) is 0 Å². The third-order valence-corrected chi connectivity index (χ3v) is 4.43.